The van der Waals surface area contributed by atoms with Crippen molar-refractivity contribution in [2.75, 3.05) is 10.6 Å². The van der Waals surface area contributed by atoms with E-state index in [4.69, 9.17) is 4.42 Å². The van der Waals surface area contributed by atoms with Crippen molar-refractivity contribution in [2.24, 2.45) is 0 Å². The van der Waals surface area contributed by atoms with E-state index in [1.165, 1.54) is 0 Å². The van der Waals surface area contributed by atoms with Crippen molar-refractivity contribution in [1.29, 1.82) is 0 Å². The molecule has 0 saturated heterocycles. The van der Waals surface area contributed by atoms with Gasteiger partial charge in [-0.3, -0.25) is 5.32 Å². The predicted molar refractivity (Wildman–Crippen MR) is 109 cm³/mol. The number of nitrogens with one attached hydrogen (secondary N) is 2. The van der Waals surface area contributed by atoms with Crippen molar-refractivity contribution in [1.82, 2.24) is 14.6 Å². The molecule has 0 saturated carbocycles. The quantitative estimate of drug-likeness (QED) is 0.504. The van der Waals surface area contributed by atoms with Crippen LogP contribution < -0.4 is 10.6 Å². The molecule has 0 fully saturated rings. The summed E-state index contributed by atoms with van der Waals surface area (Å²) >= 11 is 1.14. The van der Waals surface area contributed by atoms with Gasteiger partial charge in [0.2, 0.25) is 5.89 Å². The number of aryl methyl sites for hydroxylation is 2. The Kier molecular flexibility index (Phi) is 4.86. The summed E-state index contributed by atoms with van der Waals surface area (Å²) < 4.78 is 9.19. The van der Waals surface area contributed by atoms with Gasteiger partial charge in [0.25, 0.3) is 0 Å². The Balaban J connectivity index is 1.51. The van der Waals surface area contributed by atoms with Crippen LogP contribution in [0.3, 0.4) is 0 Å². The van der Waals surface area contributed by atoms with Gasteiger partial charge in [0.15, 0.2) is 0 Å². The molecule has 7 nitrogen and oxygen atoms in total. The minimum atomic E-state index is -0.330. The Morgan fingerprint density at radius 2 is 1.82 bits per heavy atom. The van der Waals surface area contributed by atoms with Crippen LogP contribution in [0.4, 0.5) is 15.5 Å². The standard InChI is InChI=1S/C20H17N5O2S/c1-12-3-4-15(18-21-9-10-27-18)11-17(12)14-5-7-16(8-6-14)22-20(26)23-19-13(2)24-25-28-19/h3-11H,1-2H3,(H2,22,23,26). The molecular weight excluding hydrogens is 374 g/mol. The number of amides is 2. The molecular formula is C20H17N5O2S. The van der Waals surface area contributed by atoms with Gasteiger partial charge < -0.3 is 9.73 Å². The van der Waals surface area contributed by atoms with Gasteiger partial charge in [0, 0.05) is 22.8 Å². The maximum absolute atomic E-state index is 12.1. The van der Waals surface area contributed by atoms with Crippen molar-refractivity contribution >= 4 is 28.3 Å². The maximum Gasteiger partial charge on any atom is 0.324 e. The lowest BCUT2D eigenvalue weighted by molar-refractivity contribution is 0.262. The van der Waals surface area contributed by atoms with Crippen LogP contribution in [-0.2, 0) is 0 Å². The molecule has 28 heavy (non-hydrogen) atoms. The molecule has 2 amide bonds. The average molecular weight is 391 g/mol. The lowest BCUT2D eigenvalue weighted by atomic mass is 9.98. The third-order valence-electron chi connectivity index (χ3n) is 4.25. The van der Waals surface area contributed by atoms with Crippen molar-refractivity contribution in [3.8, 4) is 22.6 Å². The summed E-state index contributed by atoms with van der Waals surface area (Å²) in [7, 11) is 0. The molecule has 0 bridgehead atoms. The molecule has 8 heteroatoms. The lowest BCUT2D eigenvalue weighted by Gasteiger charge is -2.10. The Morgan fingerprint density at radius 1 is 1.04 bits per heavy atom. The number of carbonyl (C=O) groups is 1. The molecule has 0 aliphatic rings. The Labute approximate surface area is 165 Å². The largest absolute Gasteiger partial charge is 0.445 e. The van der Waals surface area contributed by atoms with Crippen molar-refractivity contribution in [3.05, 3.63) is 66.2 Å². The Bertz CT molecular complexity index is 1100. The minimum absolute atomic E-state index is 0.330. The number of benzene rings is 2. The second-order valence-corrected chi connectivity index (χ2v) is 6.97. The summed E-state index contributed by atoms with van der Waals surface area (Å²) in [5.41, 5.74) is 5.56. The van der Waals surface area contributed by atoms with Gasteiger partial charge in [0.1, 0.15) is 11.3 Å². The molecule has 2 aromatic carbocycles. The van der Waals surface area contributed by atoms with Crippen LogP contribution in [-0.4, -0.2) is 20.6 Å². The van der Waals surface area contributed by atoms with Crippen LogP contribution in [0, 0.1) is 13.8 Å². The van der Waals surface area contributed by atoms with Gasteiger partial charge >= 0.3 is 6.03 Å². The number of hydrogen-bond acceptors (Lipinski definition) is 6. The first-order chi connectivity index (χ1) is 13.6. The van der Waals surface area contributed by atoms with Gasteiger partial charge in [-0.1, -0.05) is 22.7 Å². The fraction of sp³-hybridized carbons (Fsp3) is 0.100. The van der Waals surface area contributed by atoms with E-state index >= 15 is 0 Å². The highest BCUT2D eigenvalue weighted by atomic mass is 32.1. The van der Waals surface area contributed by atoms with Crippen molar-refractivity contribution < 1.29 is 9.21 Å². The fourth-order valence-corrected chi connectivity index (χ4v) is 3.33. The molecule has 0 aliphatic heterocycles. The van der Waals surface area contributed by atoms with Gasteiger partial charge in [-0.2, -0.15) is 0 Å². The molecule has 0 atom stereocenters. The number of oxazole rings is 1. The van der Waals surface area contributed by atoms with Crippen LogP contribution in [0.25, 0.3) is 22.6 Å². The lowest BCUT2D eigenvalue weighted by Crippen LogP contribution is -2.19. The maximum atomic E-state index is 12.1. The average Bonchev–Trinajstić information content (AvgIpc) is 3.36. The highest BCUT2D eigenvalue weighted by Gasteiger charge is 2.10. The van der Waals surface area contributed by atoms with Crippen LogP contribution in [0.1, 0.15) is 11.3 Å². The van der Waals surface area contributed by atoms with Gasteiger partial charge in [-0.25, -0.2) is 9.78 Å². The normalized spacial score (nSPS) is 10.6. The van der Waals surface area contributed by atoms with Crippen LogP contribution in [0.5, 0.6) is 0 Å². The summed E-state index contributed by atoms with van der Waals surface area (Å²) in [6.45, 7) is 3.85. The summed E-state index contributed by atoms with van der Waals surface area (Å²) in [4.78, 5) is 16.3. The second-order valence-electron chi connectivity index (χ2n) is 6.21. The summed E-state index contributed by atoms with van der Waals surface area (Å²) in [5, 5.41) is 10.1. The summed E-state index contributed by atoms with van der Waals surface area (Å²) in [6.07, 6.45) is 3.19. The van der Waals surface area contributed by atoms with Crippen molar-refractivity contribution in [2.45, 2.75) is 13.8 Å². The van der Waals surface area contributed by atoms with E-state index in [9.17, 15) is 4.79 Å². The van der Waals surface area contributed by atoms with Crippen LogP contribution >= 0.6 is 11.5 Å². The number of rotatable bonds is 4. The van der Waals surface area contributed by atoms with E-state index < -0.39 is 0 Å². The molecule has 0 aliphatic carbocycles. The van der Waals surface area contributed by atoms with Gasteiger partial charge in [0.05, 0.1) is 11.9 Å². The Morgan fingerprint density at radius 3 is 2.50 bits per heavy atom. The fourth-order valence-electron chi connectivity index (χ4n) is 2.78. The third-order valence-corrected chi connectivity index (χ3v) is 4.99. The summed E-state index contributed by atoms with van der Waals surface area (Å²) in [5.74, 6) is 0.587. The van der Waals surface area contributed by atoms with E-state index in [0.717, 1.165) is 33.8 Å². The second kappa shape index (κ2) is 7.61. The smallest absolute Gasteiger partial charge is 0.324 e. The Hall–Kier alpha value is -3.52. The van der Waals surface area contributed by atoms with E-state index in [1.807, 2.05) is 36.4 Å². The van der Waals surface area contributed by atoms with Gasteiger partial charge in [-0.05, 0) is 54.8 Å². The van der Waals surface area contributed by atoms with E-state index in [-0.39, 0.29) is 6.03 Å². The number of hydrogen-bond donors (Lipinski definition) is 2. The van der Waals surface area contributed by atoms with E-state index in [0.29, 0.717) is 22.3 Å². The SMILES string of the molecule is Cc1ccc(-c2ncco2)cc1-c1ccc(NC(=O)Nc2snnc2C)cc1. The zero-order valence-corrected chi connectivity index (χ0v) is 16.1. The highest BCUT2D eigenvalue weighted by molar-refractivity contribution is 7.10. The minimum Gasteiger partial charge on any atom is -0.445 e. The third kappa shape index (κ3) is 3.77. The molecule has 0 radical (unpaired) electrons. The predicted octanol–water partition coefficient (Wildman–Crippen LogP) is 5.12. The number of nitrogens with zero attached hydrogens (tertiary/aromatic N) is 3. The number of anilines is 2. The number of aromatic nitrogens is 3. The number of urea groups is 1. The molecule has 4 aromatic rings. The molecule has 0 unspecified atom stereocenters. The van der Waals surface area contributed by atoms with Crippen molar-refractivity contribution in [3.63, 3.8) is 0 Å². The first-order valence-corrected chi connectivity index (χ1v) is 9.35. The first-order valence-electron chi connectivity index (χ1n) is 8.58. The zero-order valence-electron chi connectivity index (χ0n) is 15.3. The molecule has 140 valence electrons. The van der Waals surface area contributed by atoms with E-state index in [1.54, 1.807) is 19.4 Å². The molecule has 4 rings (SSSR count). The molecule has 0 spiro atoms. The molecule has 2 aromatic heterocycles. The highest BCUT2D eigenvalue weighted by Crippen LogP contribution is 2.29. The zero-order chi connectivity index (χ0) is 19.5. The summed E-state index contributed by atoms with van der Waals surface area (Å²) in [6, 6.07) is 13.4. The first kappa shape index (κ1) is 17.9. The molecule has 2 N–H and O–H groups in total. The van der Waals surface area contributed by atoms with Gasteiger partial charge in [-0.15, -0.1) is 5.10 Å². The monoisotopic (exact) mass is 391 g/mol. The van der Waals surface area contributed by atoms with E-state index in [2.05, 4.69) is 38.2 Å². The van der Waals surface area contributed by atoms with Crippen LogP contribution in [0.2, 0.25) is 0 Å². The number of carbonyl (C=O) groups excluding carboxylic acids is 1. The molecule has 2 heterocycles. The van der Waals surface area contributed by atoms with Crippen LogP contribution in [0.15, 0.2) is 59.3 Å². The topological polar surface area (TPSA) is 92.9 Å².